The number of nitrogens with one attached hydrogen (secondary N) is 1. The number of urea groups is 1. The Morgan fingerprint density at radius 1 is 1.25 bits per heavy atom. The molecule has 7 nitrogen and oxygen atoms in total. The molecule has 2 unspecified atom stereocenters. The number of rotatable bonds is 3. The van der Waals surface area contributed by atoms with E-state index in [2.05, 4.69) is 10.2 Å². The maximum Gasteiger partial charge on any atom is 0.322 e. The van der Waals surface area contributed by atoms with Crippen molar-refractivity contribution in [1.29, 1.82) is 0 Å². The van der Waals surface area contributed by atoms with Crippen molar-refractivity contribution in [3.05, 3.63) is 69.5 Å². The number of amides is 2. The van der Waals surface area contributed by atoms with Gasteiger partial charge in [0, 0.05) is 43.4 Å². The lowest BCUT2D eigenvalue weighted by atomic mass is 10.1. The molecular weight excluding hydrogens is 433 g/mol. The lowest BCUT2D eigenvalue weighted by molar-refractivity contribution is 0.0796. The van der Waals surface area contributed by atoms with Gasteiger partial charge in [0.05, 0.1) is 16.9 Å². The topological polar surface area (TPSA) is 70.5 Å². The maximum absolute atomic E-state index is 13.4. The normalized spacial score (nSPS) is 18.0. The van der Waals surface area contributed by atoms with Gasteiger partial charge in [0.15, 0.2) is 0 Å². The summed E-state index contributed by atoms with van der Waals surface area (Å²) in [4.78, 5) is 34.2. The molecule has 1 aliphatic rings. The van der Waals surface area contributed by atoms with Crippen LogP contribution in [-0.2, 0) is 7.05 Å². The van der Waals surface area contributed by atoms with Gasteiger partial charge >= 0.3 is 6.03 Å². The quantitative estimate of drug-likeness (QED) is 0.644. The molecule has 2 heterocycles. The smallest absolute Gasteiger partial charge is 0.319 e. The van der Waals surface area contributed by atoms with E-state index in [1.54, 1.807) is 46.8 Å². The van der Waals surface area contributed by atoms with Gasteiger partial charge in [-0.1, -0.05) is 17.7 Å². The van der Waals surface area contributed by atoms with E-state index >= 15 is 0 Å². The summed E-state index contributed by atoms with van der Waals surface area (Å²) in [5, 5.41) is 3.75. The van der Waals surface area contributed by atoms with E-state index in [0.29, 0.717) is 47.1 Å². The minimum Gasteiger partial charge on any atom is -0.319 e. The van der Waals surface area contributed by atoms with Crippen LogP contribution in [0.4, 0.5) is 14.9 Å². The summed E-state index contributed by atoms with van der Waals surface area (Å²) < 4.78 is 15.0. The molecule has 0 spiro atoms. The molecule has 1 aromatic heterocycles. The van der Waals surface area contributed by atoms with Gasteiger partial charge in [0.2, 0.25) is 0 Å². The van der Waals surface area contributed by atoms with Gasteiger partial charge in [0.1, 0.15) is 11.6 Å². The molecule has 168 valence electrons. The first-order chi connectivity index (χ1) is 15.2. The highest BCUT2D eigenvalue weighted by Gasteiger charge is 2.31. The summed E-state index contributed by atoms with van der Waals surface area (Å²) in [6, 6.07) is 10.5. The molecule has 2 aromatic carbocycles. The van der Waals surface area contributed by atoms with Gasteiger partial charge in [-0.05, 0) is 50.2 Å². The van der Waals surface area contributed by atoms with Crippen molar-refractivity contribution < 1.29 is 9.18 Å². The molecule has 3 aromatic rings. The van der Waals surface area contributed by atoms with Crippen molar-refractivity contribution in [3.63, 3.8) is 0 Å². The molecule has 32 heavy (non-hydrogen) atoms. The molecule has 1 aliphatic heterocycles. The Balaban J connectivity index is 1.49. The monoisotopic (exact) mass is 457 g/mol. The van der Waals surface area contributed by atoms with E-state index in [1.165, 1.54) is 12.1 Å². The number of benzene rings is 2. The molecule has 2 atom stereocenters. The van der Waals surface area contributed by atoms with E-state index in [9.17, 15) is 14.0 Å². The SMILES string of the molecule is CC(c1nc2ccc(Cl)cc2c(=O)n1C)N1CCN(C(=O)Nc2cccc(F)c2)C(C)C1. The van der Waals surface area contributed by atoms with Crippen LogP contribution in [0.3, 0.4) is 0 Å². The van der Waals surface area contributed by atoms with E-state index in [0.717, 1.165) is 0 Å². The zero-order valence-corrected chi connectivity index (χ0v) is 18.9. The second-order valence-electron chi connectivity index (χ2n) is 8.15. The Morgan fingerprint density at radius 3 is 2.75 bits per heavy atom. The highest BCUT2D eigenvalue weighted by molar-refractivity contribution is 6.31. The minimum atomic E-state index is -0.398. The van der Waals surface area contributed by atoms with Crippen molar-refractivity contribution in [2.24, 2.45) is 7.05 Å². The third-order valence-electron chi connectivity index (χ3n) is 5.99. The van der Waals surface area contributed by atoms with Crippen LogP contribution in [0.1, 0.15) is 25.7 Å². The second kappa shape index (κ2) is 8.88. The van der Waals surface area contributed by atoms with Crippen molar-refractivity contribution in [2.75, 3.05) is 25.0 Å². The fourth-order valence-electron chi connectivity index (χ4n) is 4.20. The number of fused-ring (bicyclic) bond motifs is 1. The Hall–Kier alpha value is -2.97. The lowest BCUT2D eigenvalue weighted by Crippen LogP contribution is -2.55. The molecule has 1 N–H and O–H groups in total. The Labute approximate surface area is 190 Å². The summed E-state index contributed by atoms with van der Waals surface area (Å²) in [7, 11) is 1.72. The Kier molecular flexibility index (Phi) is 6.17. The zero-order valence-electron chi connectivity index (χ0n) is 18.2. The number of carbonyl (C=O) groups is 1. The highest BCUT2D eigenvalue weighted by Crippen LogP contribution is 2.24. The van der Waals surface area contributed by atoms with Crippen LogP contribution in [0.2, 0.25) is 5.02 Å². The van der Waals surface area contributed by atoms with Gasteiger partial charge < -0.3 is 10.2 Å². The molecule has 0 aliphatic carbocycles. The number of halogens is 2. The summed E-state index contributed by atoms with van der Waals surface area (Å²) in [6.07, 6.45) is 0. The number of piperazine rings is 1. The first-order valence-electron chi connectivity index (χ1n) is 10.5. The summed E-state index contributed by atoms with van der Waals surface area (Å²) >= 11 is 6.04. The first kappa shape index (κ1) is 22.2. The van der Waals surface area contributed by atoms with Crippen LogP contribution in [0.15, 0.2) is 47.3 Å². The van der Waals surface area contributed by atoms with Crippen molar-refractivity contribution in [1.82, 2.24) is 19.4 Å². The average molecular weight is 458 g/mol. The predicted octanol–water partition coefficient (Wildman–Crippen LogP) is 4.03. The third kappa shape index (κ3) is 4.33. The summed E-state index contributed by atoms with van der Waals surface area (Å²) in [5.74, 6) is 0.264. The number of hydrogen-bond donors (Lipinski definition) is 1. The largest absolute Gasteiger partial charge is 0.322 e. The molecule has 1 fully saturated rings. The molecule has 0 saturated carbocycles. The fraction of sp³-hybridized carbons (Fsp3) is 0.348. The average Bonchev–Trinajstić information content (AvgIpc) is 2.76. The molecule has 4 rings (SSSR count). The summed E-state index contributed by atoms with van der Waals surface area (Å²) in [5.41, 5.74) is 0.898. The molecule has 9 heteroatoms. The standard InChI is InChI=1S/C23H25ClFN5O2/c1-14-13-29(9-10-30(14)23(32)26-18-6-4-5-17(25)12-18)15(2)21-27-20-8-7-16(24)11-19(20)22(31)28(21)3/h4-8,11-12,14-15H,9-10,13H2,1-3H3,(H,26,32). The molecule has 1 saturated heterocycles. The molecule has 0 bridgehead atoms. The maximum atomic E-state index is 13.4. The van der Waals surface area contributed by atoms with E-state index in [1.807, 2.05) is 13.8 Å². The van der Waals surface area contributed by atoms with Gasteiger partial charge in [-0.25, -0.2) is 14.2 Å². The van der Waals surface area contributed by atoms with Crippen molar-refractivity contribution >= 4 is 34.2 Å². The zero-order chi connectivity index (χ0) is 23.0. The van der Waals surface area contributed by atoms with Crippen LogP contribution in [0, 0.1) is 5.82 Å². The van der Waals surface area contributed by atoms with Crippen LogP contribution in [-0.4, -0.2) is 51.1 Å². The van der Waals surface area contributed by atoms with Gasteiger partial charge in [-0.3, -0.25) is 14.3 Å². The number of nitrogens with zero attached hydrogens (tertiary/aromatic N) is 4. The van der Waals surface area contributed by atoms with Crippen LogP contribution in [0.5, 0.6) is 0 Å². The van der Waals surface area contributed by atoms with Crippen LogP contribution in [0.25, 0.3) is 10.9 Å². The number of hydrogen-bond acceptors (Lipinski definition) is 4. The van der Waals surface area contributed by atoms with Crippen LogP contribution < -0.4 is 10.9 Å². The third-order valence-corrected chi connectivity index (χ3v) is 6.22. The van der Waals surface area contributed by atoms with Gasteiger partial charge in [0.25, 0.3) is 5.56 Å². The fourth-order valence-corrected chi connectivity index (χ4v) is 4.37. The van der Waals surface area contributed by atoms with E-state index in [4.69, 9.17) is 16.6 Å². The molecular formula is C23H25ClFN5O2. The predicted molar refractivity (Wildman–Crippen MR) is 124 cm³/mol. The van der Waals surface area contributed by atoms with E-state index < -0.39 is 5.82 Å². The summed E-state index contributed by atoms with van der Waals surface area (Å²) in [6.45, 7) is 5.73. The number of anilines is 1. The number of aromatic nitrogens is 2. The van der Waals surface area contributed by atoms with Crippen molar-refractivity contribution in [3.8, 4) is 0 Å². The Morgan fingerprint density at radius 2 is 2.03 bits per heavy atom. The van der Waals surface area contributed by atoms with E-state index in [-0.39, 0.29) is 23.7 Å². The Bertz CT molecular complexity index is 1230. The lowest BCUT2D eigenvalue weighted by Gasteiger charge is -2.42. The second-order valence-corrected chi connectivity index (χ2v) is 8.59. The minimum absolute atomic E-state index is 0.0731. The van der Waals surface area contributed by atoms with Gasteiger partial charge in [-0.15, -0.1) is 0 Å². The number of carbonyl (C=O) groups excluding carboxylic acids is 1. The van der Waals surface area contributed by atoms with Crippen molar-refractivity contribution in [2.45, 2.75) is 25.9 Å². The highest BCUT2D eigenvalue weighted by atomic mass is 35.5. The first-order valence-corrected chi connectivity index (χ1v) is 10.9. The molecule has 0 radical (unpaired) electrons. The molecule has 2 amide bonds. The van der Waals surface area contributed by atoms with Crippen LogP contribution >= 0.6 is 11.6 Å². The van der Waals surface area contributed by atoms with Gasteiger partial charge in [-0.2, -0.15) is 0 Å².